The Labute approximate surface area is 174 Å². The third-order valence-corrected chi connectivity index (χ3v) is 6.32. The lowest BCUT2D eigenvalue weighted by molar-refractivity contribution is 0.187. The molecule has 2 aliphatic rings. The molecule has 29 heavy (non-hydrogen) atoms. The van der Waals surface area contributed by atoms with Gasteiger partial charge in [-0.15, -0.1) is 0 Å². The molecule has 1 fully saturated rings. The molecule has 8 nitrogen and oxygen atoms in total. The minimum absolute atomic E-state index is 0.357. The summed E-state index contributed by atoms with van der Waals surface area (Å²) in [4.78, 5) is 13.6. The van der Waals surface area contributed by atoms with Gasteiger partial charge in [-0.1, -0.05) is 11.6 Å². The number of H-pyrrole nitrogens is 1. The first kappa shape index (κ1) is 18.4. The molecule has 2 aromatic heterocycles. The highest BCUT2D eigenvalue weighted by atomic mass is 35.5. The summed E-state index contributed by atoms with van der Waals surface area (Å²) in [6.07, 6.45) is 4.91. The third kappa shape index (κ3) is 3.36. The number of hydrogen-bond donors (Lipinski definition) is 2. The van der Waals surface area contributed by atoms with Crippen LogP contribution in [-0.4, -0.2) is 57.9 Å². The van der Waals surface area contributed by atoms with E-state index in [1.807, 2.05) is 18.3 Å². The SMILES string of the molecule is CN1CCC[C@H]1COc1nc(N)c2c(n1)CN(c1c(Cl)ccc3[nH]ncc13)CC2. The van der Waals surface area contributed by atoms with E-state index in [1.54, 1.807) is 0 Å². The summed E-state index contributed by atoms with van der Waals surface area (Å²) in [5, 5.41) is 8.87. The zero-order chi connectivity index (χ0) is 20.0. The molecular weight excluding hydrogens is 390 g/mol. The van der Waals surface area contributed by atoms with Gasteiger partial charge in [0.1, 0.15) is 12.4 Å². The highest BCUT2D eigenvalue weighted by Crippen LogP contribution is 2.36. The number of anilines is 2. The standard InChI is InChI=1S/C20H24ClN7O/c1-27-7-2-3-12(27)11-29-20-24-17-10-28(8-6-13(17)19(22)25-20)18-14-9-23-26-16(14)5-4-15(18)21/h4-5,9,12H,2-3,6-8,10-11H2,1H3,(H,23,26)(H2,22,24,25)/t12-/m0/s1. The monoisotopic (exact) mass is 413 g/mol. The van der Waals surface area contributed by atoms with Gasteiger partial charge in [0.05, 0.1) is 34.7 Å². The van der Waals surface area contributed by atoms with Gasteiger partial charge in [0.25, 0.3) is 0 Å². The fourth-order valence-corrected chi connectivity index (χ4v) is 4.63. The number of benzene rings is 1. The Bertz CT molecular complexity index is 1050. The molecule has 1 saturated heterocycles. The van der Waals surface area contributed by atoms with Gasteiger partial charge in [-0.25, -0.2) is 0 Å². The van der Waals surface area contributed by atoms with E-state index in [4.69, 9.17) is 27.1 Å². The van der Waals surface area contributed by atoms with E-state index in [-0.39, 0.29) is 0 Å². The van der Waals surface area contributed by atoms with Crippen molar-refractivity contribution in [3.05, 3.63) is 34.6 Å². The molecule has 0 bridgehead atoms. The summed E-state index contributed by atoms with van der Waals surface area (Å²) >= 11 is 6.55. The maximum absolute atomic E-state index is 6.55. The van der Waals surface area contributed by atoms with Crippen molar-refractivity contribution in [2.75, 3.05) is 37.4 Å². The minimum Gasteiger partial charge on any atom is -0.462 e. The maximum Gasteiger partial charge on any atom is 0.318 e. The summed E-state index contributed by atoms with van der Waals surface area (Å²) in [5.74, 6) is 0.511. The highest BCUT2D eigenvalue weighted by Gasteiger charge is 2.26. The number of hydrogen-bond acceptors (Lipinski definition) is 7. The van der Waals surface area contributed by atoms with E-state index in [2.05, 4.69) is 32.0 Å². The predicted octanol–water partition coefficient (Wildman–Crippen LogP) is 2.62. The lowest BCUT2D eigenvalue weighted by Crippen LogP contribution is -2.33. The van der Waals surface area contributed by atoms with E-state index < -0.39 is 0 Å². The molecule has 1 atom stereocenters. The van der Waals surface area contributed by atoms with E-state index in [0.29, 0.717) is 36.0 Å². The third-order valence-electron chi connectivity index (χ3n) is 6.02. The normalized spacial score (nSPS) is 19.7. The number of aromatic amines is 1. The fraction of sp³-hybridized carbons (Fsp3) is 0.450. The summed E-state index contributed by atoms with van der Waals surface area (Å²) in [6, 6.07) is 4.60. The molecule has 0 radical (unpaired) electrons. The average Bonchev–Trinajstić information content (AvgIpc) is 3.34. The van der Waals surface area contributed by atoms with Crippen LogP contribution in [0.4, 0.5) is 11.5 Å². The maximum atomic E-state index is 6.55. The van der Waals surface area contributed by atoms with Gasteiger partial charge in [-0.3, -0.25) is 5.10 Å². The fourth-order valence-electron chi connectivity index (χ4n) is 4.35. The first-order valence-electron chi connectivity index (χ1n) is 9.95. The van der Waals surface area contributed by atoms with Crippen molar-refractivity contribution < 1.29 is 4.74 Å². The van der Waals surface area contributed by atoms with E-state index in [1.165, 1.54) is 6.42 Å². The number of likely N-dealkylation sites (tertiary alicyclic amines) is 1. The molecule has 9 heteroatoms. The van der Waals surface area contributed by atoms with Crippen molar-refractivity contribution in [2.24, 2.45) is 0 Å². The van der Waals surface area contributed by atoms with E-state index in [0.717, 1.165) is 53.8 Å². The van der Waals surface area contributed by atoms with Crippen LogP contribution in [0.3, 0.4) is 0 Å². The van der Waals surface area contributed by atoms with E-state index >= 15 is 0 Å². The Kier molecular flexibility index (Phi) is 4.67. The summed E-state index contributed by atoms with van der Waals surface area (Å²) in [7, 11) is 2.13. The highest BCUT2D eigenvalue weighted by molar-refractivity contribution is 6.34. The van der Waals surface area contributed by atoms with Gasteiger partial charge in [-0.05, 0) is 45.0 Å². The first-order valence-corrected chi connectivity index (χ1v) is 10.3. The van der Waals surface area contributed by atoms with Crippen molar-refractivity contribution in [1.29, 1.82) is 0 Å². The van der Waals surface area contributed by atoms with Crippen molar-refractivity contribution in [3.63, 3.8) is 0 Å². The van der Waals surface area contributed by atoms with Crippen LogP contribution in [0.25, 0.3) is 10.9 Å². The van der Waals surface area contributed by atoms with Crippen molar-refractivity contribution in [1.82, 2.24) is 25.1 Å². The van der Waals surface area contributed by atoms with Crippen molar-refractivity contribution in [3.8, 4) is 6.01 Å². The number of aromatic nitrogens is 4. The van der Waals surface area contributed by atoms with Crippen LogP contribution in [0.15, 0.2) is 18.3 Å². The van der Waals surface area contributed by atoms with Gasteiger partial charge in [-0.2, -0.15) is 15.1 Å². The molecule has 5 rings (SSSR count). The molecule has 3 aromatic rings. The smallest absolute Gasteiger partial charge is 0.318 e. The number of halogens is 1. The Morgan fingerprint density at radius 3 is 3.03 bits per heavy atom. The van der Waals surface area contributed by atoms with Gasteiger partial charge < -0.3 is 20.3 Å². The molecule has 152 valence electrons. The Hall–Kier alpha value is -2.58. The number of nitrogens with zero attached hydrogens (tertiary/aromatic N) is 5. The molecule has 0 amide bonds. The van der Waals surface area contributed by atoms with Crippen LogP contribution in [0, 0.1) is 0 Å². The molecule has 4 heterocycles. The van der Waals surface area contributed by atoms with Crippen LogP contribution in [0.5, 0.6) is 6.01 Å². The Morgan fingerprint density at radius 1 is 1.31 bits per heavy atom. The minimum atomic E-state index is 0.357. The van der Waals surface area contributed by atoms with Gasteiger partial charge in [0, 0.05) is 23.5 Å². The number of likely N-dealkylation sites (N-methyl/N-ethyl adjacent to an activating group) is 1. The number of rotatable bonds is 4. The quantitative estimate of drug-likeness (QED) is 0.678. The molecule has 3 N–H and O–H groups in total. The molecule has 0 saturated carbocycles. The topological polar surface area (TPSA) is 96.2 Å². The van der Waals surface area contributed by atoms with Gasteiger partial charge in [0.2, 0.25) is 0 Å². The van der Waals surface area contributed by atoms with Gasteiger partial charge >= 0.3 is 6.01 Å². The lowest BCUT2D eigenvalue weighted by atomic mass is 10.0. The molecular formula is C20H24ClN7O. The molecule has 2 aliphatic heterocycles. The summed E-state index contributed by atoms with van der Waals surface area (Å²) in [6.45, 7) is 3.08. The lowest BCUT2D eigenvalue weighted by Gasteiger charge is -2.31. The van der Waals surface area contributed by atoms with Crippen molar-refractivity contribution in [2.45, 2.75) is 31.8 Å². The number of fused-ring (bicyclic) bond motifs is 2. The van der Waals surface area contributed by atoms with Crippen LogP contribution < -0.4 is 15.4 Å². The molecule has 1 aromatic carbocycles. The summed E-state index contributed by atoms with van der Waals surface area (Å²) in [5.41, 5.74) is 10.1. The largest absolute Gasteiger partial charge is 0.462 e. The Balaban J connectivity index is 1.41. The average molecular weight is 414 g/mol. The van der Waals surface area contributed by atoms with Crippen LogP contribution >= 0.6 is 11.6 Å². The second kappa shape index (κ2) is 7.35. The molecule has 0 aliphatic carbocycles. The van der Waals surface area contributed by atoms with Crippen molar-refractivity contribution >= 4 is 34.0 Å². The summed E-state index contributed by atoms with van der Waals surface area (Å²) < 4.78 is 5.93. The zero-order valence-corrected chi connectivity index (χ0v) is 17.1. The number of ether oxygens (including phenoxy) is 1. The van der Waals surface area contributed by atoms with E-state index in [9.17, 15) is 0 Å². The predicted molar refractivity (Wildman–Crippen MR) is 113 cm³/mol. The van der Waals surface area contributed by atoms with Crippen LogP contribution in [-0.2, 0) is 13.0 Å². The van der Waals surface area contributed by atoms with Crippen LogP contribution in [0.2, 0.25) is 5.02 Å². The molecule has 0 spiro atoms. The number of nitrogens with two attached hydrogens (primary N) is 1. The second-order valence-electron chi connectivity index (χ2n) is 7.80. The van der Waals surface area contributed by atoms with Gasteiger partial charge in [0.15, 0.2) is 0 Å². The first-order chi connectivity index (χ1) is 14.1. The number of nitrogen functional groups attached to an aromatic ring is 1. The second-order valence-corrected chi connectivity index (χ2v) is 8.21. The van der Waals surface area contributed by atoms with Crippen LogP contribution in [0.1, 0.15) is 24.1 Å². The zero-order valence-electron chi connectivity index (χ0n) is 16.4. The number of nitrogens with one attached hydrogen (secondary N) is 1. The molecule has 0 unspecified atom stereocenters. The Morgan fingerprint density at radius 2 is 2.21 bits per heavy atom.